The average molecular weight is 387 g/mol. The number of carboxylic acids is 1. The highest BCUT2D eigenvalue weighted by Gasteiger charge is 2.12. The fourth-order valence-electron chi connectivity index (χ4n) is 2.18. The minimum Gasteiger partial charge on any atom is -0.478 e. The molecule has 0 saturated carbocycles. The minimum atomic E-state index is -1.07. The van der Waals surface area contributed by atoms with E-state index in [4.69, 9.17) is 21.1 Å². The first-order valence-electron chi connectivity index (χ1n) is 7.54. The number of rotatable bonds is 6. The van der Waals surface area contributed by atoms with E-state index in [1.165, 1.54) is 30.3 Å². The molecule has 0 amide bonds. The summed E-state index contributed by atoms with van der Waals surface area (Å²) < 4.78 is 5.63. The van der Waals surface area contributed by atoms with Crippen LogP contribution in [0.5, 0.6) is 0 Å². The molecule has 1 aromatic carbocycles. The van der Waals surface area contributed by atoms with Gasteiger partial charge in [0.2, 0.25) is 0 Å². The highest BCUT2D eigenvalue weighted by atomic mass is 35.5. The van der Waals surface area contributed by atoms with Gasteiger partial charge in [-0.15, -0.1) is 5.11 Å². The molecule has 0 unspecified atom stereocenters. The lowest BCUT2D eigenvalue weighted by Crippen LogP contribution is -1.96. The zero-order valence-corrected chi connectivity index (χ0v) is 14.3. The minimum absolute atomic E-state index is 0.0938. The number of halogens is 1. The van der Waals surface area contributed by atoms with Gasteiger partial charge in [0.05, 0.1) is 15.5 Å². The van der Waals surface area contributed by atoms with Crippen LogP contribution >= 0.6 is 11.6 Å². The third-order valence-corrected chi connectivity index (χ3v) is 3.81. The predicted molar refractivity (Wildman–Crippen MR) is 95.2 cm³/mol. The quantitative estimate of drug-likeness (QED) is 0.364. The van der Waals surface area contributed by atoms with Crippen LogP contribution in [0.4, 0.5) is 11.5 Å². The summed E-state index contributed by atoms with van der Waals surface area (Å²) in [6.45, 7) is 0.106. The molecule has 0 fully saturated rings. The summed E-state index contributed by atoms with van der Waals surface area (Å²) in [5.41, 5.74) is 0.415. The number of furan rings is 1. The molecule has 27 heavy (non-hydrogen) atoms. The molecule has 0 aliphatic heterocycles. The number of hydrogen-bond acceptors (Lipinski definition) is 7. The maximum atomic E-state index is 11.1. The van der Waals surface area contributed by atoms with Gasteiger partial charge in [0.1, 0.15) is 24.3 Å². The van der Waals surface area contributed by atoms with Crippen LogP contribution in [0.2, 0.25) is 5.02 Å². The van der Waals surface area contributed by atoms with E-state index in [0.29, 0.717) is 22.1 Å². The van der Waals surface area contributed by atoms with E-state index < -0.39 is 10.9 Å². The number of hydrogen-bond donors (Lipinski definition) is 1. The molecule has 0 atom stereocenters. The lowest BCUT2D eigenvalue weighted by Gasteiger charge is -2.02. The summed E-state index contributed by atoms with van der Waals surface area (Å²) in [6.07, 6.45) is 1.09. The fraction of sp³-hybridized carbons (Fsp3) is 0.0588. The second-order valence-electron chi connectivity index (χ2n) is 5.30. The van der Waals surface area contributed by atoms with Gasteiger partial charge in [-0.25, -0.2) is 9.78 Å². The monoisotopic (exact) mass is 386 g/mol. The van der Waals surface area contributed by atoms with Crippen molar-refractivity contribution >= 4 is 29.1 Å². The van der Waals surface area contributed by atoms with Crippen molar-refractivity contribution in [3.8, 4) is 11.3 Å². The Hall–Kier alpha value is -3.59. The Morgan fingerprint density at radius 2 is 2.07 bits per heavy atom. The van der Waals surface area contributed by atoms with Crippen molar-refractivity contribution in [1.29, 1.82) is 0 Å². The second-order valence-corrected chi connectivity index (χ2v) is 5.70. The zero-order valence-electron chi connectivity index (χ0n) is 13.6. The molecule has 9 nitrogen and oxygen atoms in total. The molecule has 3 rings (SSSR count). The van der Waals surface area contributed by atoms with Crippen LogP contribution in [0.3, 0.4) is 0 Å². The number of carboxylic acid groups (broad SMARTS) is 1. The number of pyridine rings is 1. The van der Waals surface area contributed by atoms with Gasteiger partial charge in [0.25, 0.3) is 5.69 Å². The van der Waals surface area contributed by atoms with Gasteiger partial charge in [-0.2, -0.15) is 5.11 Å². The molecule has 3 aromatic rings. The molecule has 2 heterocycles. The van der Waals surface area contributed by atoms with E-state index in [1.807, 2.05) is 0 Å². The molecular weight excluding hydrogens is 376 g/mol. The molecule has 2 aromatic heterocycles. The van der Waals surface area contributed by atoms with Crippen LogP contribution in [0.25, 0.3) is 11.3 Å². The Morgan fingerprint density at radius 3 is 2.74 bits per heavy atom. The number of aromatic carboxylic acids is 1. The normalized spacial score (nSPS) is 11.0. The molecule has 0 spiro atoms. The van der Waals surface area contributed by atoms with Crippen molar-refractivity contribution < 1.29 is 19.2 Å². The molecule has 0 aliphatic carbocycles. The highest BCUT2D eigenvalue weighted by molar-refractivity contribution is 6.33. The largest absolute Gasteiger partial charge is 0.478 e. The summed E-state index contributed by atoms with van der Waals surface area (Å²) in [7, 11) is 0. The van der Waals surface area contributed by atoms with Crippen molar-refractivity contribution in [2.45, 2.75) is 6.54 Å². The van der Waals surface area contributed by atoms with Crippen LogP contribution in [-0.2, 0) is 6.54 Å². The summed E-state index contributed by atoms with van der Waals surface area (Å²) in [5.74, 6) is 0.0443. The zero-order chi connectivity index (χ0) is 19.4. The number of nitrogens with zero attached hydrogens (tertiary/aromatic N) is 4. The SMILES string of the molecule is O=C(O)c1ccc(Cl)c(-c2ccc(CN=Nc3ccc([N+](=O)[O-])cn3)o2)c1. The number of nitro groups is 1. The summed E-state index contributed by atoms with van der Waals surface area (Å²) in [4.78, 5) is 24.9. The lowest BCUT2D eigenvalue weighted by atomic mass is 10.1. The predicted octanol–water partition coefficient (Wildman–Crippen LogP) is 4.89. The van der Waals surface area contributed by atoms with E-state index in [0.717, 1.165) is 6.20 Å². The summed E-state index contributed by atoms with van der Waals surface area (Å²) >= 11 is 6.11. The Kier molecular flexibility index (Phi) is 5.23. The highest BCUT2D eigenvalue weighted by Crippen LogP contribution is 2.30. The van der Waals surface area contributed by atoms with Gasteiger partial charge in [-0.05, 0) is 36.4 Å². The van der Waals surface area contributed by atoms with Crippen LogP contribution < -0.4 is 0 Å². The number of benzene rings is 1. The first kappa shape index (κ1) is 18.2. The lowest BCUT2D eigenvalue weighted by molar-refractivity contribution is -0.385. The molecule has 136 valence electrons. The van der Waals surface area contributed by atoms with Crippen LogP contribution in [0.15, 0.2) is 63.3 Å². The fourth-order valence-corrected chi connectivity index (χ4v) is 2.39. The second kappa shape index (κ2) is 7.75. The van der Waals surface area contributed by atoms with E-state index in [2.05, 4.69) is 15.2 Å². The third-order valence-electron chi connectivity index (χ3n) is 3.48. The van der Waals surface area contributed by atoms with Crippen molar-refractivity contribution in [2.24, 2.45) is 10.2 Å². The van der Waals surface area contributed by atoms with Gasteiger partial charge >= 0.3 is 5.97 Å². The summed E-state index contributed by atoms with van der Waals surface area (Å²) in [5, 5.41) is 27.8. The molecule has 0 aliphatic rings. The maximum absolute atomic E-state index is 11.1. The number of carbonyl (C=O) groups is 1. The number of aromatic nitrogens is 1. The van der Waals surface area contributed by atoms with Gasteiger partial charge in [-0.1, -0.05) is 11.6 Å². The van der Waals surface area contributed by atoms with Gasteiger partial charge < -0.3 is 9.52 Å². The van der Waals surface area contributed by atoms with Gasteiger partial charge in [-0.3, -0.25) is 10.1 Å². The Bertz CT molecular complexity index is 1030. The van der Waals surface area contributed by atoms with Crippen molar-refractivity contribution in [2.75, 3.05) is 0 Å². The van der Waals surface area contributed by atoms with Crippen LogP contribution in [0.1, 0.15) is 16.1 Å². The maximum Gasteiger partial charge on any atom is 0.335 e. The van der Waals surface area contributed by atoms with Gasteiger partial charge in [0, 0.05) is 11.6 Å². The number of azo groups is 1. The van der Waals surface area contributed by atoms with Gasteiger partial charge in [0.15, 0.2) is 5.82 Å². The third kappa shape index (κ3) is 4.33. The Morgan fingerprint density at radius 1 is 1.26 bits per heavy atom. The van der Waals surface area contributed by atoms with Crippen LogP contribution in [0, 0.1) is 10.1 Å². The molecule has 0 bridgehead atoms. The van der Waals surface area contributed by atoms with E-state index >= 15 is 0 Å². The smallest absolute Gasteiger partial charge is 0.335 e. The molecular formula is C17H11ClN4O5. The first-order chi connectivity index (χ1) is 12.9. The molecule has 0 saturated heterocycles. The molecule has 10 heteroatoms. The van der Waals surface area contributed by atoms with E-state index in [-0.39, 0.29) is 23.6 Å². The molecule has 0 radical (unpaired) electrons. The van der Waals surface area contributed by atoms with E-state index in [1.54, 1.807) is 12.1 Å². The standard InChI is InChI=1S/C17H11ClN4O5/c18-14-4-1-10(17(23)24)7-13(14)15-5-3-12(27-15)9-20-21-16-6-2-11(8-19-16)22(25)26/h1-8H,9H2,(H,23,24). The summed E-state index contributed by atoms with van der Waals surface area (Å²) in [6, 6.07) is 10.3. The Balaban J connectivity index is 1.72. The molecule has 1 N–H and O–H groups in total. The first-order valence-corrected chi connectivity index (χ1v) is 7.91. The topological polar surface area (TPSA) is 131 Å². The van der Waals surface area contributed by atoms with Crippen LogP contribution in [-0.4, -0.2) is 21.0 Å². The van der Waals surface area contributed by atoms with Crippen molar-refractivity contribution in [3.05, 3.63) is 75.1 Å². The average Bonchev–Trinajstić information content (AvgIpc) is 3.11. The van der Waals surface area contributed by atoms with Crippen molar-refractivity contribution in [1.82, 2.24) is 4.98 Å². The Labute approximate surface area is 157 Å². The van der Waals surface area contributed by atoms with E-state index in [9.17, 15) is 14.9 Å². The van der Waals surface area contributed by atoms with Crippen molar-refractivity contribution in [3.63, 3.8) is 0 Å².